The zero-order valence-corrected chi connectivity index (χ0v) is 10.0. The fraction of sp³-hybridized carbons (Fsp3) is 0.154. The van der Waals surface area contributed by atoms with Crippen molar-refractivity contribution in [3.05, 3.63) is 48.4 Å². The van der Waals surface area contributed by atoms with Crippen LogP contribution in [0.3, 0.4) is 0 Å². The van der Waals surface area contributed by atoms with E-state index in [1.165, 1.54) is 0 Å². The Bertz CT molecular complexity index is 668. The van der Waals surface area contributed by atoms with Crippen LogP contribution < -0.4 is 5.32 Å². The molecule has 0 aliphatic carbocycles. The van der Waals surface area contributed by atoms with Crippen molar-refractivity contribution in [3.63, 3.8) is 0 Å². The highest BCUT2D eigenvalue weighted by molar-refractivity contribution is 5.90. The van der Waals surface area contributed by atoms with Crippen molar-refractivity contribution in [1.29, 1.82) is 0 Å². The number of benzene rings is 1. The zero-order chi connectivity index (χ0) is 12.4. The van der Waals surface area contributed by atoms with E-state index in [0.29, 0.717) is 6.54 Å². The molecular formula is C13H13N5. The molecule has 3 aromatic rings. The van der Waals surface area contributed by atoms with Gasteiger partial charge in [0.05, 0.1) is 18.4 Å². The molecule has 3 rings (SSSR count). The van der Waals surface area contributed by atoms with E-state index in [1.807, 2.05) is 43.6 Å². The molecule has 1 N–H and O–H groups in total. The summed E-state index contributed by atoms with van der Waals surface area (Å²) in [6, 6.07) is 10.0. The topological polar surface area (TPSA) is 55.6 Å². The normalized spacial score (nSPS) is 10.7. The number of aromatic nitrogens is 4. The van der Waals surface area contributed by atoms with Crippen LogP contribution >= 0.6 is 0 Å². The summed E-state index contributed by atoms with van der Waals surface area (Å²) in [6.07, 6.45) is 3.69. The fourth-order valence-electron chi connectivity index (χ4n) is 1.89. The molecule has 0 amide bonds. The maximum absolute atomic E-state index is 4.31. The number of fused-ring (bicyclic) bond motifs is 1. The Hall–Kier alpha value is -2.43. The third kappa shape index (κ3) is 2.02. The van der Waals surface area contributed by atoms with E-state index in [4.69, 9.17) is 0 Å². The summed E-state index contributed by atoms with van der Waals surface area (Å²) >= 11 is 0. The molecule has 5 heteroatoms. The van der Waals surface area contributed by atoms with Crippen molar-refractivity contribution in [2.24, 2.45) is 7.05 Å². The third-order valence-electron chi connectivity index (χ3n) is 2.78. The van der Waals surface area contributed by atoms with Gasteiger partial charge < -0.3 is 5.32 Å². The van der Waals surface area contributed by atoms with E-state index in [2.05, 4.69) is 20.6 Å². The van der Waals surface area contributed by atoms with Crippen molar-refractivity contribution in [2.75, 3.05) is 5.32 Å². The van der Waals surface area contributed by atoms with Crippen LogP contribution in [-0.4, -0.2) is 20.0 Å². The monoisotopic (exact) mass is 239 g/mol. The molecule has 2 aromatic heterocycles. The van der Waals surface area contributed by atoms with Crippen LogP contribution in [-0.2, 0) is 13.6 Å². The minimum absolute atomic E-state index is 0.642. The van der Waals surface area contributed by atoms with E-state index < -0.39 is 0 Å². The lowest BCUT2D eigenvalue weighted by Crippen LogP contribution is -2.04. The second kappa shape index (κ2) is 4.44. The number of hydrogen-bond donors (Lipinski definition) is 1. The van der Waals surface area contributed by atoms with Crippen LogP contribution in [0.25, 0.3) is 10.8 Å². The summed E-state index contributed by atoms with van der Waals surface area (Å²) in [7, 11) is 1.90. The lowest BCUT2D eigenvalue weighted by Gasteiger charge is -2.05. The van der Waals surface area contributed by atoms with E-state index in [1.54, 1.807) is 10.9 Å². The van der Waals surface area contributed by atoms with Gasteiger partial charge in [0.25, 0.3) is 0 Å². The van der Waals surface area contributed by atoms with Gasteiger partial charge in [0.15, 0.2) is 5.82 Å². The minimum atomic E-state index is 0.642. The summed E-state index contributed by atoms with van der Waals surface area (Å²) in [5, 5.41) is 17.9. The van der Waals surface area contributed by atoms with E-state index in [0.717, 1.165) is 22.3 Å². The number of nitrogens with one attached hydrogen (secondary N) is 1. The molecule has 90 valence electrons. The van der Waals surface area contributed by atoms with Crippen LogP contribution in [0.1, 0.15) is 5.69 Å². The van der Waals surface area contributed by atoms with E-state index in [9.17, 15) is 0 Å². The molecule has 5 nitrogen and oxygen atoms in total. The molecule has 18 heavy (non-hydrogen) atoms. The summed E-state index contributed by atoms with van der Waals surface area (Å²) in [5.41, 5.74) is 0.979. The first-order valence-corrected chi connectivity index (χ1v) is 5.76. The van der Waals surface area contributed by atoms with Gasteiger partial charge in [-0.2, -0.15) is 10.2 Å². The maximum Gasteiger partial charge on any atom is 0.156 e. The molecule has 2 heterocycles. The number of nitrogens with zero attached hydrogens (tertiary/aromatic N) is 4. The zero-order valence-electron chi connectivity index (χ0n) is 10.0. The molecule has 0 atom stereocenters. The van der Waals surface area contributed by atoms with Crippen LogP contribution in [0.2, 0.25) is 0 Å². The number of rotatable bonds is 3. The lowest BCUT2D eigenvalue weighted by molar-refractivity contribution is 0.746. The Labute approximate surface area is 104 Å². The summed E-state index contributed by atoms with van der Waals surface area (Å²) in [4.78, 5) is 0. The van der Waals surface area contributed by atoms with Gasteiger partial charge in [-0.1, -0.05) is 24.3 Å². The highest BCUT2D eigenvalue weighted by Gasteiger charge is 2.03. The van der Waals surface area contributed by atoms with Gasteiger partial charge in [-0.25, -0.2) is 0 Å². The molecule has 0 saturated heterocycles. The third-order valence-corrected chi connectivity index (χ3v) is 2.78. The van der Waals surface area contributed by atoms with Crippen molar-refractivity contribution in [3.8, 4) is 0 Å². The van der Waals surface area contributed by atoms with Gasteiger partial charge in [-0.15, -0.1) is 5.10 Å². The molecule has 0 bridgehead atoms. The molecule has 0 radical (unpaired) electrons. The predicted molar refractivity (Wildman–Crippen MR) is 70.1 cm³/mol. The lowest BCUT2D eigenvalue weighted by atomic mass is 10.2. The van der Waals surface area contributed by atoms with Gasteiger partial charge >= 0.3 is 0 Å². The summed E-state index contributed by atoms with van der Waals surface area (Å²) in [6.45, 7) is 0.642. The molecule has 0 spiro atoms. The molecular weight excluding hydrogens is 226 g/mol. The molecule has 0 saturated carbocycles. The van der Waals surface area contributed by atoms with Gasteiger partial charge in [-0.05, 0) is 6.07 Å². The number of hydrogen-bond acceptors (Lipinski definition) is 4. The smallest absolute Gasteiger partial charge is 0.156 e. The van der Waals surface area contributed by atoms with E-state index in [-0.39, 0.29) is 0 Å². The second-order valence-corrected chi connectivity index (χ2v) is 4.11. The Kier molecular flexibility index (Phi) is 2.64. The average molecular weight is 239 g/mol. The Balaban J connectivity index is 1.86. The Morgan fingerprint density at radius 3 is 2.94 bits per heavy atom. The summed E-state index contributed by atoms with van der Waals surface area (Å²) < 4.78 is 1.78. The van der Waals surface area contributed by atoms with Gasteiger partial charge in [0, 0.05) is 24.0 Å². The Morgan fingerprint density at radius 1 is 1.22 bits per heavy atom. The van der Waals surface area contributed by atoms with Gasteiger partial charge in [0.2, 0.25) is 0 Å². The molecule has 0 fully saturated rings. The van der Waals surface area contributed by atoms with Crippen LogP contribution in [0.5, 0.6) is 0 Å². The Morgan fingerprint density at radius 2 is 2.11 bits per heavy atom. The van der Waals surface area contributed by atoms with Crippen molar-refractivity contribution >= 4 is 16.6 Å². The molecule has 0 aliphatic rings. The number of anilines is 1. The van der Waals surface area contributed by atoms with Crippen LogP contribution in [0.4, 0.5) is 5.82 Å². The van der Waals surface area contributed by atoms with Crippen molar-refractivity contribution in [1.82, 2.24) is 20.0 Å². The van der Waals surface area contributed by atoms with Crippen LogP contribution in [0, 0.1) is 0 Å². The standard InChI is InChI=1S/C13H13N5/c1-18-7-6-11(17-18)9-14-13-12-5-3-2-4-10(12)8-15-16-13/h2-8H,9H2,1H3,(H,14,16). The minimum Gasteiger partial charge on any atom is -0.362 e. The number of aryl methyl sites for hydroxylation is 1. The van der Waals surface area contributed by atoms with Gasteiger partial charge in [-0.3, -0.25) is 4.68 Å². The maximum atomic E-state index is 4.31. The fourth-order valence-corrected chi connectivity index (χ4v) is 1.89. The van der Waals surface area contributed by atoms with Crippen molar-refractivity contribution in [2.45, 2.75) is 6.54 Å². The van der Waals surface area contributed by atoms with E-state index >= 15 is 0 Å². The molecule has 0 unspecified atom stereocenters. The molecule has 0 aliphatic heterocycles. The first-order valence-electron chi connectivity index (χ1n) is 5.76. The highest BCUT2D eigenvalue weighted by atomic mass is 15.3. The first kappa shape index (κ1) is 10.7. The first-order chi connectivity index (χ1) is 8.83. The van der Waals surface area contributed by atoms with Gasteiger partial charge in [0.1, 0.15) is 0 Å². The molecule has 1 aromatic carbocycles. The van der Waals surface area contributed by atoms with Crippen LogP contribution in [0.15, 0.2) is 42.7 Å². The summed E-state index contributed by atoms with van der Waals surface area (Å²) in [5.74, 6) is 0.791. The quantitative estimate of drug-likeness (QED) is 0.759. The predicted octanol–water partition coefficient (Wildman–Crippen LogP) is 1.98. The second-order valence-electron chi connectivity index (χ2n) is 4.11. The largest absolute Gasteiger partial charge is 0.362 e. The highest BCUT2D eigenvalue weighted by Crippen LogP contribution is 2.19. The SMILES string of the molecule is Cn1ccc(CNc2nncc3ccccc23)n1. The van der Waals surface area contributed by atoms with Crippen molar-refractivity contribution < 1.29 is 0 Å². The average Bonchev–Trinajstić information content (AvgIpc) is 2.82.